The van der Waals surface area contributed by atoms with Crippen molar-refractivity contribution in [3.8, 4) is 0 Å². The van der Waals surface area contributed by atoms with Crippen molar-refractivity contribution in [1.29, 1.82) is 0 Å². The maximum absolute atomic E-state index is 10.6. The number of nitrogens with one attached hydrogen (secondary N) is 1. The Morgan fingerprint density at radius 2 is 1.95 bits per heavy atom. The molecule has 2 rings (SSSR count). The third-order valence-corrected chi connectivity index (χ3v) is 4.19. The molecule has 0 unspecified atom stereocenters. The molecule has 1 heterocycles. The molecule has 0 saturated carbocycles. The Hall–Kier alpha value is -1.81. The second-order valence-corrected chi connectivity index (χ2v) is 5.79. The Balaban J connectivity index is 2.00. The van der Waals surface area contributed by atoms with Gasteiger partial charge in [0.15, 0.2) is 0 Å². The average Bonchev–Trinajstić information content (AvgIpc) is 2.78. The van der Waals surface area contributed by atoms with Crippen molar-refractivity contribution in [2.45, 2.75) is 26.8 Å². The van der Waals surface area contributed by atoms with E-state index in [1.54, 1.807) is 11.3 Å². The molecule has 0 spiro atoms. The highest BCUT2D eigenvalue weighted by Gasteiger charge is 2.05. The van der Waals surface area contributed by atoms with Crippen LogP contribution in [0.3, 0.4) is 0 Å². The van der Waals surface area contributed by atoms with E-state index in [4.69, 9.17) is 5.11 Å². The van der Waals surface area contributed by atoms with Gasteiger partial charge in [0.25, 0.3) is 0 Å². The van der Waals surface area contributed by atoms with Crippen LogP contribution in [0.1, 0.15) is 20.9 Å². The van der Waals surface area contributed by atoms with Gasteiger partial charge in [-0.2, -0.15) is 0 Å². The van der Waals surface area contributed by atoms with Crippen LogP contribution < -0.4 is 5.32 Å². The molecule has 4 heteroatoms. The molecule has 0 aliphatic rings. The molecule has 0 atom stereocenters. The summed E-state index contributed by atoms with van der Waals surface area (Å²) in [5.74, 6) is -0.782. The average molecular weight is 275 g/mol. The lowest BCUT2D eigenvalue weighted by molar-refractivity contribution is -0.136. The van der Waals surface area contributed by atoms with Gasteiger partial charge >= 0.3 is 5.97 Å². The zero-order chi connectivity index (χ0) is 13.8. The van der Waals surface area contributed by atoms with Crippen LogP contribution in [0.4, 0.5) is 5.69 Å². The number of benzene rings is 1. The van der Waals surface area contributed by atoms with Gasteiger partial charge in [0.05, 0.1) is 6.42 Å². The maximum atomic E-state index is 10.6. The van der Waals surface area contributed by atoms with Crippen LogP contribution in [-0.4, -0.2) is 11.1 Å². The topological polar surface area (TPSA) is 49.3 Å². The van der Waals surface area contributed by atoms with Gasteiger partial charge in [-0.05, 0) is 43.2 Å². The molecule has 0 radical (unpaired) electrons. The number of aryl methyl sites for hydroxylation is 1. The summed E-state index contributed by atoms with van der Waals surface area (Å²) in [5.41, 5.74) is 3.65. The predicted molar refractivity (Wildman–Crippen MR) is 78.9 cm³/mol. The summed E-state index contributed by atoms with van der Waals surface area (Å²) in [5, 5.41) is 12.1. The Labute approximate surface area is 116 Å². The highest BCUT2D eigenvalue weighted by molar-refractivity contribution is 7.12. The van der Waals surface area contributed by atoms with Crippen LogP contribution >= 0.6 is 11.3 Å². The second-order valence-electron chi connectivity index (χ2n) is 4.54. The van der Waals surface area contributed by atoms with Crippen molar-refractivity contribution in [2.24, 2.45) is 0 Å². The minimum atomic E-state index is -0.782. The lowest BCUT2D eigenvalue weighted by atomic mass is 10.1. The van der Waals surface area contributed by atoms with E-state index in [9.17, 15) is 4.79 Å². The summed E-state index contributed by atoms with van der Waals surface area (Å²) in [6, 6.07) is 10.1. The fraction of sp³-hybridized carbons (Fsp3) is 0.267. The molecular formula is C15H17NO2S. The molecule has 19 heavy (non-hydrogen) atoms. The van der Waals surface area contributed by atoms with E-state index in [-0.39, 0.29) is 6.42 Å². The van der Waals surface area contributed by atoms with E-state index >= 15 is 0 Å². The molecule has 2 N–H and O–H groups in total. The lowest BCUT2D eigenvalue weighted by Gasteiger charge is -2.10. The second kappa shape index (κ2) is 5.89. The first-order chi connectivity index (χ1) is 9.06. The highest BCUT2D eigenvalue weighted by Crippen LogP contribution is 2.21. The molecule has 0 aliphatic carbocycles. The minimum Gasteiger partial charge on any atom is -0.481 e. The molecule has 3 nitrogen and oxygen atoms in total. The molecule has 1 aromatic heterocycles. The zero-order valence-electron chi connectivity index (χ0n) is 11.1. The molecule has 2 aromatic rings. The van der Waals surface area contributed by atoms with Crippen LogP contribution in [0, 0.1) is 13.8 Å². The largest absolute Gasteiger partial charge is 0.481 e. The number of hydrogen-bond donors (Lipinski definition) is 2. The predicted octanol–water partition coefficient (Wildman–Crippen LogP) is 3.60. The number of carboxylic acid groups (broad SMARTS) is 1. The fourth-order valence-electron chi connectivity index (χ4n) is 1.89. The van der Waals surface area contributed by atoms with Crippen molar-refractivity contribution < 1.29 is 9.90 Å². The van der Waals surface area contributed by atoms with E-state index in [1.165, 1.54) is 11.1 Å². The Morgan fingerprint density at radius 3 is 2.68 bits per heavy atom. The van der Waals surface area contributed by atoms with Gasteiger partial charge in [-0.3, -0.25) is 4.79 Å². The van der Waals surface area contributed by atoms with Crippen molar-refractivity contribution in [1.82, 2.24) is 0 Å². The molecule has 1 aromatic carbocycles. The Morgan fingerprint density at radius 1 is 1.21 bits per heavy atom. The third kappa shape index (κ3) is 3.58. The highest BCUT2D eigenvalue weighted by atomic mass is 32.1. The van der Waals surface area contributed by atoms with E-state index in [2.05, 4.69) is 31.3 Å². The lowest BCUT2D eigenvalue weighted by Crippen LogP contribution is -2.00. The number of hydrogen-bond acceptors (Lipinski definition) is 3. The zero-order valence-corrected chi connectivity index (χ0v) is 11.9. The van der Waals surface area contributed by atoms with Crippen molar-refractivity contribution >= 4 is 23.0 Å². The number of rotatable bonds is 5. The van der Waals surface area contributed by atoms with Gasteiger partial charge in [0.1, 0.15) is 0 Å². The standard InChI is InChI=1S/C15H17NO2S/c1-10-4-3-5-14(11(10)2)16-9-13-7-6-12(19-13)8-15(17)18/h3-7,16H,8-9H2,1-2H3,(H,17,18). The number of carbonyl (C=O) groups is 1. The van der Waals surface area contributed by atoms with Gasteiger partial charge in [0, 0.05) is 22.0 Å². The first-order valence-electron chi connectivity index (χ1n) is 6.15. The van der Waals surface area contributed by atoms with Gasteiger partial charge < -0.3 is 10.4 Å². The monoisotopic (exact) mass is 275 g/mol. The first-order valence-corrected chi connectivity index (χ1v) is 6.97. The van der Waals surface area contributed by atoms with Crippen molar-refractivity contribution in [2.75, 3.05) is 5.32 Å². The molecule has 0 fully saturated rings. The van der Waals surface area contributed by atoms with Crippen LogP contribution in [0.15, 0.2) is 30.3 Å². The van der Waals surface area contributed by atoms with Gasteiger partial charge in [0.2, 0.25) is 0 Å². The van der Waals surface area contributed by atoms with Crippen LogP contribution in [-0.2, 0) is 17.8 Å². The van der Waals surface area contributed by atoms with Crippen LogP contribution in [0.2, 0.25) is 0 Å². The Kier molecular flexibility index (Phi) is 4.22. The maximum Gasteiger partial charge on any atom is 0.308 e. The molecular weight excluding hydrogens is 258 g/mol. The summed E-state index contributed by atoms with van der Waals surface area (Å²) in [4.78, 5) is 12.7. The van der Waals surface area contributed by atoms with Crippen LogP contribution in [0.5, 0.6) is 0 Å². The first kappa shape index (κ1) is 13.6. The number of carboxylic acids is 1. The van der Waals surface area contributed by atoms with Crippen LogP contribution in [0.25, 0.3) is 0 Å². The van der Waals surface area contributed by atoms with E-state index in [1.807, 2.05) is 18.2 Å². The van der Waals surface area contributed by atoms with Crippen molar-refractivity contribution in [3.05, 3.63) is 51.2 Å². The summed E-state index contributed by atoms with van der Waals surface area (Å²) in [6.07, 6.45) is 0.105. The molecule has 0 aliphatic heterocycles. The van der Waals surface area contributed by atoms with E-state index < -0.39 is 5.97 Å². The molecule has 100 valence electrons. The minimum absolute atomic E-state index is 0.105. The number of thiophene rings is 1. The number of aliphatic carboxylic acids is 1. The Bertz CT molecular complexity index is 590. The molecule has 0 bridgehead atoms. The third-order valence-electron chi connectivity index (χ3n) is 3.10. The number of anilines is 1. The van der Waals surface area contributed by atoms with Gasteiger partial charge in [-0.15, -0.1) is 11.3 Å². The quantitative estimate of drug-likeness (QED) is 0.876. The van der Waals surface area contributed by atoms with Gasteiger partial charge in [-0.1, -0.05) is 12.1 Å². The summed E-state index contributed by atoms with van der Waals surface area (Å²) >= 11 is 1.55. The van der Waals surface area contributed by atoms with E-state index in [0.29, 0.717) is 0 Å². The van der Waals surface area contributed by atoms with Crippen molar-refractivity contribution in [3.63, 3.8) is 0 Å². The van der Waals surface area contributed by atoms with Gasteiger partial charge in [-0.25, -0.2) is 0 Å². The van der Waals surface area contributed by atoms with E-state index in [0.717, 1.165) is 22.0 Å². The fourth-order valence-corrected chi connectivity index (χ4v) is 2.84. The molecule has 0 amide bonds. The SMILES string of the molecule is Cc1cccc(NCc2ccc(CC(=O)O)s2)c1C. The summed E-state index contributed by atoms with van der Waals surface area (Å²) < 4.78 is 0. The summed E-state index contributed by atoms with van der Waals surface area (Å²) in [6.45, 7) is 4.92. The summed E-state index contributed by atoms with van der Waals surface area (Å²) in [7, 11) is 0. The molecule has 0 saturated heterocycles. The smallest absolute Gasteiger partial charge is 0.308 e. The normalized spacial score (nSPS) is 10.4.